The minimum atomic E-state index is -0.508. The Kier molecular flexibility index (Phi) is 5.24. The highest BCUT2D eigenvalue weighted by molar-refractivity contribution is 7.22. The van der Waals surface area contributed by atoms with Gasteiger partial charge in [0.15, 0.2) is 5.13 Å². The van der Waals surface area contributed by atoms with Crippen LogP contribution in [-0.4, -0.2) is 20.8 Å². The molecule has 0 aliphatic heterocycles. The number of aromatic nitrogens is 2. The van der Waals surface area contributed by atoms with Crippen LogP contribution in [0, 0.1) is 24.0 Å². The third-order valence-corrected chi connectivity index (χ3v) is 5.69. The highest BCUT2D eigenvalue weighted by Crippen LogP contribution is 2.33. The molecule has 1 amide bonds. The maximum atomic E-state index is 13.4. The maximum absolute atomic E-state index is 13.4. The van der Waals surface area contributed by atoms with E-state index in [1.807, 2.05) is 26.0 Å². The van der Waals surface area contributed by atoms with E-state index in [9.17, 15) is 14.9 Å². The van der Waals surface area contributed by atoms with Gasteiger partial charge in [-0.2, -0.15) is 0 Å². The number of carbonyl (C=O) groups is 1. The molecule has 0 atom stereocenters. The molecule has 2 aromatic carbocycles. The number of hydrogen-bond donors (Lipinski definition) is 0. The van der Waals surface area contributed by atoms with E-state index in [-0.39, 0.29) is 23.7 Å². The van der Waals surface area contributed by atoms with Gasteiger partial charge in [0, 0.05) is 30.1 Å². The fraction of sp³-hybridized carbons (Fsp3) is 0.136. The summed E-state index contributed by atoms with van der Waals surface area (Å²) in [5.41, 5.74) is 3.96. The fourth-order valence-electron chi connectivity index (χ4n) is 3.28. The second kappa shape index (κ2) is 8.00. The number of non-ortho nitro benzene ring substituents is 1. The highest BCUT2D eigenvalue weighted by atomic mass is 32.1. The quantitative estimate of drug-likeness (QED) is 0.334. The number of anilines is 1. The number of thiazole rings is 1. The van der Waals surface area contributed by atoms with Crippen LogP contribution in [0.15, 0.2) is 60.9 Å². The summed E-state index contributed by atoms with van der Waals surface area (Å²) < 4.78 is 0.991. The Balaban J connectivity index is 1.80. The average molecular weight is 418 g/mol. The van der Waals surface area contributed by atoms with Crippen LogP contribution in [0.1, 0.15) is 27.0 Å². The summed E-state index contributed by atoms with van der Waals surface area (Å²) in [4.78, 5) is 34.4. The molecule has 0 radical (unpaired) electrons. The first-order chi connectivity index (χ1) is 14.4. The van der Waals surface area contributed by atoms with E-state index in [1.54, 1.807) is 29.4 Å². The van der Waals surface area contributed by atoms with E-state index in [0.29, 0.717) is 5.13 Å². The lowest BCUT2D eigenvalue weighted by Crippen LogP contribution is -2.30. The summed E-state index contributed by atoms with van der Waals surface area (Å²) in [5, 5.41) is 11.7. The molecule has 2 aromatic heterocycles. The number of pyridine rings is 1. The summed E-state index contributed by atoms with van der Waals surface area (Å²) in [6.45, 7) is 4.27. The monoisotopic (exact) mass is 418 g/mol. The van der Waals surface area contributed by atoms with Gasteiger partial charge in [-0.05, 0) is 48.7 Å². The largest absolute Gasteiger partial charge is 0.279 e. The van der Waals surface area contributed by atoms with Crippen LogP contribution >= 0.6 is 11.3 Å². The van der Waals surface area contributed by atoms with E-state index in [1.165, 1.54) is 29.5 Å². The van der Waals surface area contributed by atoms with Crippen molar-refractivity contribution >= 4 is 38.3 Å². The van der Waals surface area contributed by atoms with E-state index < -0.39 is 4.92 Å². The number of rotatable bonds is 5. The Morgan fingerprint density at radius 2 is 2.00 bits per heavy atom. The Bertz CT molecular complexity index is 1250. The Morgan fingerprint density at radius 1 is 1.17 bits per heavy atom. The van der Waals surface area contributed by atoms with Crippen LogP contribution < -0.4 is 4.90 Å². The lowest BCUT2D eigenvalue weighted by Gasteiger charge is -2.20. The van der Waals surface area contributed by atoms with Gasteiger partial charge in [-0.1, -0.05) is 29.5 Å². The molecule has 150 valence electrons. The average Bonchev–Trinajstić information content (AvgIpc) is 3.16. The number of carbonyl (C=O) groups excluding carboxylic acids is 1. The van der Waals surface area contributed by atoms with Gasteiger partial charge in [0.25, 0.3) is 11.6 Å². The molecule has 0 unspecified atom stereocenters. The number of nitrogens with zero attached hydrogens (tertiary/aromatic N) is 4. The number of amides is 1. The van der Waals surface area contributed by atoms with Crippen molar-refractivity contribution in [1.82, 2.24) is 9.97 Å². The molecule has 0 saturated carbocycles. The first kappa shape index (κ1) is 19.7. The minimum absolute atomic E-state index is 0.127. The fourth-order valence-corrected chi connectivity index (χ4v) is 4.42. The van der Waals surface area contributed by atoms with E-state index in [4.69, 9.17) is 4.98 Å². The zero-order valence-electron chi connectivity index (χ0n) is 16.4. The Morgan fingerprint density at radius 3 is 2.73 bits per heavy atom. The number of aryl methyl sites for hydroxylation is 2. The molecule has 7 nitrogen and oxygen atoms in total. The predicted molar refractivity (Wildman–Crippen MR) is 117 cm³/mol. The van der Waals surface area contributed by atoms with E-state index >= 15 is 0 Å². The molecule has 4 aromatic rings. The molecule has 8 heteroatoms. The van der Waals surface area contributed by atoms with Crippen molar-refractivity contribution in [1.29, 1.82) is 0 Å². The molecule has 0 aliphatic rings. The number of fused-ring (bicyclic) bond motifs is 1. The smallest absolute Gasteiger partial charge is 0.270 e. The van der Waals surface area contributed by atoms with Crippen molar-refractivity contribution < 1.29 is 9.72 Å². The van der Waals surface area contributed by atoms with Crippen molar-refractivity contribution in [2.24, 2.45) is 0 Å². The summed E-state index contributed by atoms with van der Waals surface area (Å²) >= 11 is 1.43. The highest BCUT2D eigenvalue weighted by Gasteiger charge is 2.23. The van der Waals surface area contributed by atoms with Gasteiger partial charge in [0.2, 0.25) is 0 Å². The number of benzene rings is 2. The first-order valence-corrected chi connectivity index (χ1v) is 10.1. The summed E-state index contributed by atoms with van der Waals surface area (Å²) in [7, 11) is 0. The normalized spacial score (nSPS) is 10.9. The van der Waals surface area contributed by atoms with Crippen LogP contribution in [-0.2, 0) is 6.54 Å². The molecule has 4 rings (SSSR count). The van der Waals surface area contributed by atoms with Gasteiger partial charge in [-0.25, -0.2) is 4.98 Å². The van der Waals surface area contributed by atoms with Gasteiger partial charge in [-0.15, -0.1) is 0 Å². The zero-order valence-corrected chi connectivity index (χ0v) is 17.2. The van der Waals surface area contributed by atoms with Crippen LogP contribution in [0.5, 0.6) is 0 Å². The van der Waals surface area contributed by atoms with Gasteiger partial charge < -0.3 is 0 Å². The summed E-state index contributed by atoms with van der Waals surface area (Å²) in [6, 6.07) is 13.5. The van der Waals surface area contributed by atoms with Crippen LogP contribution in [0.25, 0.3) is 10.2 Å². The maximum Gasteiger partial charge on any atom is 0.270 e. The summed E-state index contributed by atoms with van der Waals surface area (Å²) in [6.07, 6.45) is 3.36. The first-order valence-electron chi connectivity index (χ1n) is 9.25. The topological polar surface area (TPSA) is 89.2 Å². The van der Waals surface area contributed by atoms with E-state index in [2.05, 4.69) is 11.1 Å². The summed E-state index contributed by atoms with van der Waals surface area (Å²) in [5.74, 6) is -0.351. The molecule has 2 heterocycles. The molecule has 0 fully saturated rings. The predicted octanol–water partition coefficient (Wildman–Crippen LogP) is 5.06. The van der Waals surface area contributed by atoms with Crippen LogP contribution in [0.2, 0.25) is 0 Å². The van der Waals surface area contributed by atoms with Gasteiger partial charge in [0.1, 0.15) is 0 Å². The Hall–Kier alpha value is -3.65. The molecular formula is C22H18N4O3S. The molecule has 30 heavy (non-hydrogen) atoms. The SMILES string of the molecule is Cc1cc(C)c2nc(N(Cc3cccnc3)C(=O)c3cccc([N+](=O)[O-])c3)sc2c1. The lowest BCUT2D eigenvalue weighted by atomic mass is 10.1. The van der Waals surface area contributed by atoms with Gasteiger partial charge >= 0.3 is 0 Å². The lowest BCUT2D eigenvalue weighted by molar-refractivity contribution is -0.384. The second-order valence-corrected chi connectivity index (χ2v) is 7.99. The number of hydrogen-bond acceptors (Lipinski definition) is 6. The number of nitro groups is 1. The van der Waals surface area contributed by atoms with Crippen molar-refractivity contribution in [2.45, 2.75) is 20.4 Å². The van der Waals surface area contributed by atoms with Crippen LogP contribution in [0.4, 0.5) is 10.8 Å². The van der Waals surface area contributed by atoms with Crippen molar-refractivity contribution in [3.05, 3.63) is 93.3 Å². The van der Waals surface area contributed by atoms with Crippen molar-refractivity contribution in [3.63, 3.8) is 0 Å². The second-order valence-electron chi connectivity index (χ2n) is 6.99. The van der Waals surface area contributed by atoms with Gasteiger partial charge in [-0.3, -0.25) is 24.8 Å². The third kappa shape index (κ3) is 3.90. The van der Waals surface area contributed by atoms with Gasteiger partial charge in [0.05, 0.1) is 21.7 Å². The van der Waals surface area contributed by atoms with E-state index in [0.717, 1.165) is 26.9 Å². The molecule has 0 spiro atoms. The molecule has 0 aliphatic carbocycles. The van der Waals surface area contributed by atoms with Crippen molar-refractivity contribution in [3.8, 4) is 0 Å². The standard InChI is InChI=1S/C22H18N4O3S/c1-14-9-15(2)20-19(10-14)30-22(24-20)25(13-16-5-4-8-23-12-16)21(27)17-6-3-7-18(11-17)26(28)29/h3-12H,13H2,1-2H3. The van der Waals surface area contributed by atoms with Crippen molar-refractivity contribution in [2.75, 3.05) is 4.90 Å². The van der Waals surface area contributed by atoms with Crippen LogP contribution in [0.3, 0.4) is 0 Å². The molecular weight excluding hydrogens is 400 g/mol. The third-order valence-electron chi connectivity index (χ3n) is 4.66. The number of nitro benzene ring substituents is 1. The Labute approximate surface area is 176 Å². The minimum Gasteiger partial charge on any atom is -0.279 e. The zero-order chi connectivity index (χ0) is 21.3. The molecule has 0 saturated heterocycles. The molecule has 0 bridgehead atoms. The molecule has 0 N–H and O–H groups in total.